The maximum Gasteiger partial charge on any atom is 0.339 e. The lowest BCUT2D eigenvalue weighted by Gasteiger charge is -1.84. The van der Waals surface area contributed by atoms with E-state index in [-0.39, 0.29) is 0 Å². The van der Waals surface area contributed by atoms with Gasteiger partial charge in [-0.25, -0.2) is 0 Å². The maximum atomic E-state index is 9.95. The van der Waals surface area contributed by atoms with Crippen LogP contribution < -0.4 is 0 Å². The summed E-state index contributed by atoms with van der Waals surface area (Å²) in [6.07, 6.45) is 0. The van der Waals surface area contributed by atoms with Crippen molar-refractivity contribution < 1.29 is 9.13 Å². The van der Waals surface area contributed by atoms with Gasteiger partial charge in [0.1, 0.15) is 0 Å². The zero-order valence-electron chi connectivity index (χ0n) is 4.39. The van der Waals surface area contributed by atoms with Crippen LogP contribution in [-0.4, -0.2) is 0 Å². The Balaban J connectivity index is 0. The summed E-state index contributed by atoms with van der Waals surface area (Å²) >= 11 is 23.6. The third-order valence-electron chi connectivity index (χ3n) is 0.0803. The van der Waals surface area contributed by atoms with Gasteiger partial charge in [0.05, 0.1) is 0 Å². The molecule has 0 aliphatic carbocycles. The summed E-state index contributed by atoms with van der Waals surface area (Å²) in [5, 5.41) is -6.24. The highest BCUT2D eigenvalue weighted by Gasteiger charge is 2.10. The fraction of sp³-hybridized carbons (Fsp3) is 0. The van der Waals surface area contributed by atoms with Gasteiger partial charge in [-0.05, 0) is 66.9 Å². The Morgan fingerprint density at radius 3 is 1.00 bits per heavy atom. The Morgan fingerprint density at radius 1 is 0.909 bits per heavy atom. The molecule has 0 fully saturated rings. The highest BCUT2D eigenvalue weighted by Crippen LogP contribution is 2.69. The van der Waals surface area contributed by atoms with Crippen LogP contribution >= 0.6 is 87.7 Å². The molecule has 0 N–H and O–H groups in total. The van der Waals surface area contributed by atoms with Crippen LogP contribution in [0.5, 0.6) is 0 Å². The molecule has 0 aromatic carbocycles. The van der Waals surface area contributed by atoms with E-state index in [1.165, 1.54) is 0 Å². The standard InChI is InChI=1S/Cl3OPS.Cl3OP/c1-5(2,4)6-3;1-5(2,3)4. The number of rotatable bonds is 1. The van der Waals surface area contributed by atoms with Crippen LogP contribution in [0, 0.1) is 0 Å². The van der Waals surface area contributed by atoms with Crippen molar-refractivity contribution in [3.8, 4) is 0 Å². The Morgan fingerprint density at radius 2 is 1.00 bits per heavy atom. The van der Waals surface area contributed by atoms with E-state index in [9.17, 15) is 9.13 Å². The first-order valence-corrected chi connectivity index (χ1v) is 11.7. The van der Waals surface area contributed by atoms with Crippen molar-refractivity contribution in [1.82, 2.24) is 0 Å². The normalized spacial score (nSPS) is 11.8. The number of halogens is 6. The van der Waals surface area contributed by atoms with E-state index in [1.807, 2.05) is 0 Å². The van der Waals surface area contributed by atoms with Crippen molar-refractivity contribution in [1.29, 1.82) is 0 Å². The molecule has 0 spiro atoms. The Labute approximate surface area is 96.1 Å². The smallest absolute Gasteiger partial charge is 0.276 e. The van der Waals surface area contributed by atoms with Crippen molar-refractivity contribution >= 4 is 87.7 Å². The van der Waals surface area contributed by atoms with Crippen LogP contribution in [0.25, 0.3) is 0 Å². The Kier molecular flexibility index (Phi) is 10.1. The largest absolute Gasteiger partial charge is 0.339 e. The van der Waals surface area contributed by atoms with Gasteiger partial charge in [-0.3, -0.25) is 9.13 Å². The Hall–Kier alpha value is 2.55. The molecule has 0 radical (unpaired) electrons. The quantitative estimate of drug-likeness (QED) is 0.528. The van der Waals surface area contributed by atoms with Crippen molar-refractivity contribution in [3.05, 3.63) is 0 Å². The highest BCUT2D eigenvalue weighted by atomic mass is 36.0. The van der Waals surface area contributed by atoms with Gasteiger partial charge in [-0.15, -0.1) is 0 Å². The summed E-state index contributed by atoms with van der Waals surface area (Å²) in [5.41, 5.74) is 0. The molecule has 0 saturated heterocycles. The lowest BCUT2D eigenvalue weighted by molar-refractivity contribution is 0.599. The molecule has 0 aliphatic heterocycles. The van der Waals surface area contributed by atoms with Crippen LogP contribution in [0.1, 0.15) is 0 Å². The predicted molar refractivity (Wildman–Crippen MR) is 57.9 cm³/mol. The average molecular weight is 339 g/mol. The molecule has 0 amide bonds. The van der Waals surface area contributed by atoms with E-state index in [1.54, 1.807) is 0 Å². The van der Waals surface area contributed by atoms with Crippen molar-refractivity contribution in [2.24, 2.45) is 0 Å². The van der Waals surface area contributed by atoms with Crippen LogP contribution in [0.2, 0.25) is 0 Å². The minimum Gasteiger partial charge on any atom is -0.276 e. The van der Waals surface area contributed by atoms with E-state index >= 15 is 0 Å². The number of hydrogen-bond donors (Lipinski definition) is 0. The van der Waals surface area contributed by atoms with Crippen LogP contribution in [0.15, 0.2) is 0 Å². The Bertz CT molecular complexity index is 171. The first-order valence-electron chi connectivity index (χ1n) is 1.55. The first kappa shape index (κ1) is 16.0. The molecule has 0 heterocycles. The second-order valence-electron chi connectivity index (χ2n) is 0.882. The minimum atomic E-state index is -3.22. The molecule has 0 bridgehead atoms. The van der Waals surface area contributed by atoms with Gasteiger partial charge in [0.2, 0.25) is 0 Å². The first-order chi connectivity index (χ1) is 4.56. The zero-order chi connectivity index (χ0) is 9.71. The molecule has 0 atom stereocenters. The van der Waals surface area contributed by atoms with Gasteiger partial charge in [0.25, 0.3) is 0 Å². The lowest BCUT2D eigenvalue weighted by atomic mass is 16.0. The monoisotopic (exact) mass is 336 g/mol. The predicted octanol–water partition coefficient (Wildman–Crippen LogP) is 6.27. The van der Waals surface area contributed by atoms with Gasteiger partial charge >= 0.3 is 10.2 Å². The van der Waals surface area contributed by atoms with Gasteiger partial charge < -0.3 is 0 Å². The topological polar surface area (TPSA) is 34.1 Å². The van der Waals surface area contributed by atoms with Crippen LogP contribution in [-0.2, 0) is 9.13 Å². The molecule has 0 aliphatic rings. The van der Waals surface area contributed by atoms with Crippen molar-refractivity contribution in [3.63, 3.8) is 0 Å². The fourth-order valence-corrected chi connectivity index (χ4v) is 0. The van der Waals surface area contributed by atoms with E-state index in [4.69, 9.17) is 33.2 Å². The summed E-state index contributed by atoms with van der Waals surface area (Å²) in [6, 6.07) is 0. The lowest BCUT2D eigenvalue weighted by Crippen LogP contribution is -1.28. The van der Waals surface area contributed by atoms with E-state index < -0.39 is 10.2 Å². The van der Waals surface area contributed by atoms with Gasteiger partial charge in [-0.1, -0.05) is 0 Å². The van der Waals surface area contributed by atoms with Crippen LogP contribution in [0.4, 0.5) is 0 Å². The summed E-state index contributed by atoms with van der Waals surface area (Å²) in [5.74, 6) is 0. The minimum absolute atomic E-state index is 0.441. The zero-order valence-corrected chi connectivity index (χ0v) is 11.5. The average Bonchev–Trinajstić information content (AvgIpc) is 1.59. The van der Waals surface area contributed by atoms with Crippen molar-refractivity contribution in [2.45, 2.75) is 0 Å². The molecule has 0 unspecified atom stereocenters. The van der Waals surface area contributed by atoms with Gasteiger partial charge in [0, 0.05) is 10.6 Å². The molecule has 70 valence electrons. The van der Waals surface area contributed by atoms with E-state index in [0.29, 0.717) is 10.6 Å². The summed E-state index contributed by atoms with van der Waals surface area (Å²) in [6.45, 7) is 0. The molecule has 2 nitrogen and oxygen atoms in total. The molecule has 11 heteroatoms. The third kappa shape index (κ3) is 45.3. The highest BCUT2D eigenvalue weighted by molar-refractivity contribution is 8.81. The summed E-state index contributed by atoms with van der Waals surface area (Å²) < 4.78 is 19.5. The molecule has 0 aromatic heterocycles. The third-order valence-corrected chi connectivity index (χ3v) is 4.99. The molecule has 11 heavy (non-hydrogen) atoms. The van der Waals surface area contributed by atoms with E-state index in [2.05, 4.69) is 33.7 Å². The summed E-state index contributed by atoms with van der Waals surface area (Å²) in [7, 11) is 5.31. The maximum absolute atomic E-state index is 9.95. The fourth-order valence-electron chi connectivity index (χ4n) is 0. The SMILES string of the molecule is O=P(Cl)(Cl)Cl.O=P(Cl)(Cl)SCl. The second-order valence-corrected chi connectivity index (χ2v) is 16.3. The van der Waals surface area contributed by atoms with Crippen LogP contribution in [0.3, 0.4) is 0 Å². The van der Waals surface area contributed by atoms with Gasteiger partial charge in [-0.2, -0.15) is 0 Å². The van der Waals surface area contributed by atoms with Gasteiger partial charge in [0.15, 0.2) is 0 Å². The molecule has 0 saturated carbocycles. The number of hydrogen-bond acceptors (Lipinski definition) is 3. The molecule has 0 aromatic rings. The second kappa shape index (κ2) is 6.92. The van der Waals surface area contributed by atoms with E-state index in [0.717, 1.165) is 0 Å². The molecular formula is Cl6O2P2S. The van der Waals surface area contributed by atoms with Crippen molar-refractivity contribution in [2.75, 3.05) is 0 Å². The molecular weight excluding hydrogens is 339 g/mol. The summed E-state index contributed by atoms with van der Waals surface area (Å²) in [4.78, 5) is 0. The molecule has 0 rings (SSSR count).